The minimum Gasteiger partial charge on any atom is -0.399 e. The highest BCUT2D eigenvalue weighted by atomic mass is 15.2. The summed E-state index contributed by atoms with van der Waals surface area (Å²) in [6, 6.07) is 8.69. The fourth-order valence-electron chi connectivity index (χ4n) is 2.97. The summed E-state index contributed by atoms with van der Waals surface area (Å²) >= 11 is 0. The summed E-state index contributed by atoms with van der Waals surface area (Å²) in [6.07, 6.45) is 2.69. The Morgan fingerprint density at radius 1 is 1.25 bits per heavy atom. The Labute approximate surface area is 96.6 Å². The molecule has 3 saturated heterocycles. The van der Waals surface area contributed by atoms with Crippen molar-refractivity contribution in [1.82, 2.24) is 4.90 Å². The number of fused-ring (bicyclic) bond motifs is 3. The van der Waals surface area contributed by atoms with Gasteiger partial charge in [0.15, 0.2) is 0 Å². The largest absolute Gasteiger partial charge is 0.399 e. The molecule has 3 aliphatic heterocycles. The van der Waals surface area contributed by atoms with E-state index < -0.39 is 0 Å². The number of nitrogens with two attached hydrogens (primary N) is 1. The predicted octanol–water partition coefficient (Wildman–Crippen LogP) is 1.77. The quantitative estimate of drug-likeness (QED) is 0.742. The predicted molar refractivity (Wildman–Crippen MR) is 67.4 cm³/mol. The third-order valence-corrected chi connectivity index (χ3v) is 3.89. The van der Waals surface area contributed by atoms with Crippen LogP contribution in [0, 0.1) is 5.92 Å². The van der Waals surface area contributed by atoms with E-state index in [1.54, 1.807) is 0 Å². The van der Waals surface area contributed by atoms with Crippen LogP contribution in [0.5, 0.6) is 0 Å². The maximum absolute atomic E-state index is 5.79. The highest BCUT2D eigenvalue weighted by Gasteiger charge is 2.33. The third kappa shape index (κ3) is 1.87. The van der Waals surface area contributed by atoms with E-state index in [4.69, 9.17) is 5.73 Å². The minimum atomic E-state index is 0.615. The van der Waals surface area contributed by atoms with Gasteiger partial charge >= 0.3 is 0 Å². The molecule has 0 spiro atoms. The maximum atomic E-state index is 5.79. The second kappa shape index (κ2) is 3.98. The SMILES string of the molecule is Nc1cccc(NC2CN3CCC2CC3)c1. The number of rotatable bonds is 2. The summed E-state index contributed by atoms with van der Waals surface area (Å²) in [4.78, 5) is 2.56. The van der Waals surface area contributed by atoms with Gasteiger partial charge < -0.3 is 16.0 Å². The summed E-state index contributed by atoms with van der Waals surface area (Å²) in [6.45, 7) is 3.78. The first kappa shape index (κ1) is 9.97. The molecular weight excluding hydrogens is 198 g/mol. The molecule has 2 bridgehead atoms. The number of nitrogen functional groups attached to an aromatic ring is 1. The van der Waals surface area contributed by atoms with Crippen molar-refractivity contribution in [1.29, 1.82) is 0 Å². The average molecular weight is 217 g/mol. The number of benzene rings is 1. The second-order valence-corrected chi connectivity index (χ2v) is 5.01. The Bertz CT molecular complexity index is 369. The molecule has 3 heteroatoms. The molecule has 3 nitrogen and oxygen atoms in total. The molecule has 86 valence electrons. The number of nitrogens with one attached hydrogen (secondary N) is 1. The minimum absolute atomic E-state index is 0.615. The van der Waals surface area contributed by atoms with E-state index in [-0.39, 0.29) is 0 Å². The summed E-state index contributed by atoms with van der Waals surface area (Å²) in [5, 5.41) is 3.63. The molecule has 3 N–H and O–H groups in total. The van der Waals surface area contributed by atoms with E-state index in [1.165, 1.54) is 38.2 Å². The van der Waals surface area contributed by atoms with Crippen molar-refractivity contribution in [2.24, 2.45) is 5.92 Å². The van der Waals surface area contributed by atoms with E-state index in [0.29, 0.717) is 6.04 Å². The van der Waals surface area contributed by atoms with Crippen molar-refractivity contribution >= 4 is 11.4 Å². The Morgan fingerprint density at radius 2 is 2.06 bits per heavy atom. The van der Waals surface area contributed by atoms with Gasteiger partial charge in [0, 0.05) is 24.0 Å². The lowest BCUT2D eigenvalue weighted by atomic mass is 9.84. The molecule has 0 saturated carbocycles. The average Bonchev–Trinajstić information content (AvgIpc) is 2.30. The van der Waals surface area contributed by atoms with Crippen molar-refractivity contribution < 1.29 is 0 Å². The van der Waals surface area contributed by atoms with Gasteiger partial charge in [-0.15, -0.1) is 0 Å². The van der Waals surface area contributed by atoms with Crippen LogP contribution in [-0.4, -0.2) is 30.6 Å². The molecule has 0 amide bonds. The third-order valence-electron chi connectivity index (χ3n) is 3.89. The molecule has 4 rings (SSSR count). The van der Waals surface area contributed by atoms with Crippen LogP contribution >= 0.6 is 0 Å². The Kier molecular flexibility index (Phi) is 2.48. The lowest BCUT2D eigenvalue weighted by molar-refractivity contribution is 0.0975. The van der Waals surface area contributed by atoms with Gasteiger partial charge in [-0.1, -0.05) is 6.07 Å². The van der Waals surface area contributed by atoms with Gasteiger partial charge in [0.2, 0.25) is 0 Å². The van der Waals surface area contributed by atoms with Crippen LogP contribution in [0.4, 0.5) is 11.4 Å². The lowest BCUT2D eigenvalue weighted by Gasteiger charge is -2.45. The molecule has 0 aliphatic carbocycles. The number of anilines is 2. The molecule has 1 unspecified atom stereocenters. The Balaban J connectivity index is 1.71. The molecule has 1 aromatic rings. The van der Waals surface area contributed by atoms with Crippen LogP contribution in [0.2, 0.25) is 0 Å². The van der Waals surface area contributed by atoms with Crippen molar-refractivity contribution in [2.45, 2.75) is 18.9 Å². The van der Waals surface area contributed by atoms with Gasteiger partial charge in [-0.3, -0.25) is 0 Å². The van der Waals surface area contributed by atoms with Gasteiger partial charge in [-0.05, 0) is 50.0 Å². The van der Waals surface area contributed by atoms with Crippen molar-refractivity contribution in [3.63, 3.8) is 0 Å². The number of hydrogen-bond acceptors (Lipinski definition) is 3. The van der Waals surface area contributed by atoms with E-state index >= 15 is 0 Å². The number of hydrogen-bond donors (Lipinski definition) is 2. The molecule has 0 aromatic heterocycles. The normalized spacial score (nSPS) is 32.6. The molecule has 3 fully saturated rings. The van der Waals surface area contributed by atoms with Gasteiger partial charge in [-0.25, -0.2) is 0 Å². The highest BCUT2D eigenvalue weighted by Crippen LogP contribution is 2.29. The summed E-state index contributed by atoms with van der Waals surface area (Å²) in [5.74, 6) is 0.853. The smallest absolute Gasteiger partial charge is 0.0417 e. The van der Waals surface area contributed by atoms with Crippen LogP contribution in [0.15, 0.2) is 24.3 Å². The number of nitrogens with zero attached hydrogens (tertiary/aromatic N) is 1. The van der Waals surface area contributed by atoms with Crippen molar-refractivity contribution in [2.75, 3.05) is 30.7 Å². The standard InChI is InChI=1S/C13H19N3/c14-11-2-1-3-12(8-11)15-13-9-16-6-4-10(13)5-7-16/h1-3,8,10,13,15H,4-7,9,14H2. The highest BCUT2D eigenvalue weighted by molar-refractivity contribution is 5.54. The zero-order valence-corrected chi connectivity index (χ0v) is 9.52. The molecular formula is C13H19N3. The topological polar surface area (TPSA) is 41.3 Å². The Morgan fingerprint density at radius 3 is 2.69 bits per heavy atom. The van der Waals surface area contributed by atoms with Crippen LogP contribution in [-0.2, 0) is 0 Å². The van der Waals surface area contributed by atoms with E-state index in [2.05, 4.69) is 16.3 Å². The van der Waals surface area contributed by atoms with Crippen LogP contribution in [0.3, 0.4) is 0 Å². The maximum Gasteiger partial charge on any atom is 0.0417 e. The summed E-state index contributed by atoms with van der Waals surface area (Å²) < 4.78 is 0. The van der Waals surface area contributed by atoms with Crippen LogP contribution in [0.1, 0.15) is 12.8 Å². The molecule has 1 aromatic carbocycles. The fraction of sp³-hybridized carbons (Fsp3) is 0.538. The zero-order chi connectivity index (χ0) is 11.0. The molecule has 1 atom stereocenters. The fourth-order valence-corrected chi connectivity index (χ4v) is 2.97. The van der Waals surface area contributed by atoms with Crippen molar-refractivity contribution in [3.8, 4) is 0 Å². The van der Waals surface area contributed by atoms with Gasteiger partial charge in [0.05, 0.1) is 0 Å². The monoisotopic (exact) mass is 217 g/mol. The van der Waals surface area contributed by atoms with Crippen molar-refractivity contribution in [3.05, 3.63) is 24.3 Å². The second-order valence-electron chi connectivity index (χ2n) is 5.01. The Hall–Kier alpha value is -1.22. The first-order valence-electron chi connectivity index (χ1n) is 6.16. The first-order valence-corrected chi connectivity index (χ1v) is 6.16. The van der Waals surface area contributed by atoms with Crippen LogP contribution in [0.25, 0.3) is 0 Å². The molecule has 3 aliphatic rings. The summed E-state index contributed by atoms with van der Waals surface area (Å²) in [7, 11) is 0. The first-order chi connectivity index (χ1) is 7.81. The molecule has 3 heterocycles. The van der Waals surface area contributed by atoms with E-state index in [0.717, 1.165) is 11.6 Å². The molecule has 16 heavy (non-hydrogen) atoms. The van der Waals surface area contributed by atoms with Gasteiger partial charge in [-0.2, -0.15) is 0 Å². The lowest BCUT2D eigenvalue weighted by Crippen LogP contribution is -2.53. The zero-order valence-electron chi connectivity index (χ0n) is 9.52. The van der Waals surface area contributed by atoms with E-state index in [9.17, 15) is 0 Å². The number of piperidine rings is 3. The van der Waals surface area contributed by atoms with Gasteiger partial charge in [0.1, 0.15) is 0 Å². The van der Waals surface area contributed by atoms with Gasteiger partial charge in [0.25, 0.3) is 0 Å². The van der Waals surface area contributed by atoms with Crippen LogP contribution < -0.4 is 11.1 Å². The van der Waals surface area contributed by atoms with E-state index in [1.807, 2.05) is 18.2 Å². The summed E-state index contributed by atoms with van der Waals surface area (Å²) in [5.41, 5.74) is 7.79. The molecule has 0 radical (unpaired) electrons.